The molecule has 0 spiro atoms. The Morgan fingerprint density at radius 1 is 1.14 bits per heavy atom. The Morgan fingerprint density at radius 3 is 2.48 bits per heavy atom. The molecule has 1 aromatic heterocycles. The molecule has 9 heteroatoms. The molecule has 0 saturated carbocycles. The molecule has 0 aliphatic carbocycles. The lowest BCUT2D eigenvalue weighted by Crippen LogP contribution is -2.17. The topological polar surface area (TPSA) is 66.2 Å². The molecule has 0 aliphatic rings. The van der Waals surface area contributed by atoms with Gasteiger partial charge < -0.3 is 9.47 Å². The Balaban J connectivity index is 2.07. The monoisotopic (exact) mass is 451 g/mol. The van der Waals surface area contributed by atoms with Gasteiger partial charge in [-0.3, -0.25) is 9.36 Å². The van der Waals surface area contributed by atoms with E-state index in [2.05, 4.69) is 10.2 Å². The summed E-state index contributed by atoms with van der Waals surface area (Å²) in [4.78, 5) is 12.1. The highest BCUT2D eigenvalue weighted by molar-refractivity contribution is 8.00. The fourth-order valence-corrected chi connectivity index (χ4v) is 3.75. The Bertz CT molecular complexity index is 1010. The van der Waals surface area contributed by atoms with Crippen LogP contribution in [-0.4, -0.2) is 39.7 Å². The maximum Gasteiger partial charge on any atom is 0.319 e. The molecule has 0 fully saturated rings. The van der Waals surface area contributed by atoms with Gasteiger partial charge in [0.2, 0.25) is 0 Å². The molecule has 1 atom stereocenters. The zero-order chi connectivity index (χ0) is 21.0. The molecule has 152 valence electrons. The molecule has 0 radical (unpaired) electrons. The van der Waals surface area contributed by atoms with Gasteiger partial charge in [-0.2, -0.15) is 0 Å². The molecule has 0 aliphatic heterocycles. The second kappa shape index (κ2) is 9.52. The van der Waals surface area contributed by atoms with Crippen LogP contribution in [0.3, 0.4) is 0 Å². The normalized spacial score (nSPS) is 11.9. The Morgan fingerprint density at radius 2 is 1.86 bits per heavy atom. The van der Waals surface area contributed by atoms with Crippen LogP contribution >= 0.6 is 35.0 Å². The van der Waals surface area contributed by atoms with Crippen molar-refractivity contribution >= 4 is 40.9 Å². The SMILES string of the molecule is CCOC(=O)C(C)Sc1nnc(-c2ccc(OC)cc2)n1-c1ccc(Cl)c(Cl)c1. The van der Waals surface area contributed by atoms with Crippen molar-refractivity contribution in [2.24, 2.45) is 0 Å². The molecule has 0 bridgehead atoms. The van der Waals surface area contributed by atoms with Gasteiger partial charge in [-0.25, -0.2) is 0 Å². The van der Waals surface area contributed by atoms with Crippen LogP contribution < -0.4 is 4.74 Å². The minimum atomic E-state index is -0.454. The molecule has 6 nitrogen and oxygen atoms in total. The summed E-state index contributed by atoms with van der Waals surface area (Å²) in [5.41, 5.74) is 1.56. The van der Waals surface area contributed by atoms with Gasteiger partial charge in [-0.15, -0.1) is 10.2 Å². The van der Waals surface area contributed by atoms with Crippen LogP contribution in [0.15, 0.2) is 47.6 Å². The Hall–Kier alpha value is -2.22. The molecule has 0 saturated heterocycles. The van der Waals surface area contributed by atoms with Crippen molar-refractivity contribution in [1.29, 1.82) is 0 Å². The number of methoxy groups -OCH3 is 1. The van der Waals surface area contributed by atoms with E-state index in [1.165, 1.54) is 11.8 Å². The number of nitrogens with zero attached hydrogens (tertiary/aromatic N) is 3. The van der Waals surface area contributed by atoms with E-state index in [-0.39, 0.29) is 5.97 Å². The van der Waals surface area contributed by atoms with Crippen molar-refractivity contribution in [3.8, 4) is 22.8 Å². The van der Waals surface area contributed by atoms with Gasteiger partial charge in [-0.05, 0) is 56.3 Å². The highest BCUT2D eigenvalue weighted by Crippen LogP contribution is 2.33. The van der Waals surface area contributed by atoms with Crippen molar-refractivity contribution in [2.75, 3.05) is 13.7 Å². The largest absolute Gasteiger partial charge is 0.497 e. The zero-order valence-corrected chi connectivity index (χ0v) is 18.4. The first-order chi connectivity index (χ1) is 13.9. The molecule has 2 aromatic carbocycles. The first-order valence-electron chi connectivity index (χ1n) is 8.83. The van der Waals surface area contributed by atoms with Crippen molar-refractivity contribution in [2.45, 2.75) is 24.3 Å². The molecular formula is C20H19Cl2N3O3S. The summed E-state index contributed by atoms with van der Waals surface area (Å²) in [5.74, 6) is 1.02. The third-order valence-corrected chi connectivity index (χ3v) is 5.80. The Labute approximate surface area is 183 Å². The van der Waals surface area contributed by atoms with Gasteiger partial charge in [0.15, 0.2) is 11.0 Å². The van der Waals surface area contributed by atoms with Crippen molar-refractivity contribution < 1.29 is 14.3 Å². The number of ether oxygens (including phenoxy) is 2. The van der Waals surface area contributed by atoms with E-state index in [1.807, 2.05) is 34.9 Å². The number of benzene rings is 2. The minimum absolute atomic E-state index is 0.313. The van der Waals surface area contributed by atoms with Gasteiger partial charge in [0.25, 0.3) is 0 Å². The van der Waals surface area contributed by atoms with E-state index in [9.17, 15) is 4.79 Å². The molecule has 1 heterocycles. The van der Waals surface area contributed by atoms with Gasteiger partial charge in [-0.1, -0.05) is 35.0 Å². The number of rotatable bonds is 7. The molecule has 0 N–H and O–H groups in total. The number of esters is 1. The molecule has 3 rings (SSSR count). The summed E-state index contributed by atoms with van der Waals surface area (Å²) in [5, 5.41) is 9.60. The van der Waals surface area contributed by atoms with Crippen LogP contribution in [0.5, 0.6) is 5.75 Å². The smallest absolute Gasteiger partial charge is 0.319 e. The van der Waals surface area contributed by atoms with E-state index in [0.29, 0.717) is 27.6 Å². The lowest BCUT2D eigenvalue weighted by Gasteiger charge is -2.14. The molecule has 1 unspecified atom stereocenters. The molecule has 0 amide bonds. The van der Waals surface area contributed by atoms with E-state index in [0.717, 1.165) is 17.0 Å². The predicted molar refractivity (Wildman–Crippen MR) is 115 cm³/mol. The average molecular weight is 452 g/mol. The standard InChI is InChI=1S/C20H19Cl2N3O3S/c1-4-28-19(26)12(2)29-20-24-23-18(13-5-8-15(27-3)9-6-13)25(20)14-7-10-16(21)17(22)11-14/h5-12H,4H2,1-3H3. The maximum absolute atomic E-state index is 12.1. The van der Waals surface area contributed by atoms with E-state index >= 15 is 0 Å². The number of carbonyl (C=O) groups is 1. The summed E-state index contributed by atoms with van der Waals surface area (Å²) in [6.07, 6.45) is 0. The third-order valence-electron chi connectivity index (χ3n) is 4.04. The fourth-order valence-electron chi connectivity index (χ4n) is 2.60. The average Bonchev–Trinajstić information content (AvgIpc) is 3.13. The molecular weight excluding hydrogens is 433 g/mol. The van der Waals surface area contributed by atoms with Gasteiger partial charge in [0, 0.05) is 5.56 Å². The highest BCUT2D eigenvalue weighted by Gasteiger charge is 2.23. The molecule has 29 heavy (non-hydrogen) atoms. The summed E-state index contributed by atoms with van der Waals surface area (Å²) < 4.78 is 12.2. The van der Waals surface area contributed by atoms with Crippen LogP contribution in [0.25, 0.3) is 17.1 Å². The maximum atomic E-state index is 12.1. The van der Waals surface area contributed by atoms with E-state index < -0.39 is 5.25 Å². The quantitative estimate of drug-likeness (QED) is 0.358. The lowest BCUT2D eigenvalue weighted by molar-refractivity contribution is -0.142. The minimum Gasteiger partial charge on any atom is -0.497 e. The Kier molecular flexibility index (Phi) is 7.05. The summed E-state index contributed by atoms with van der Waals surface area (Å²) in [7, 11) is 1.61. The van der Waals surface area contributed by atoms with Gasteiger partial charge >= 0.3 is 5.97 Å². The van der Waals surface area contributed by atoms with Gasteiger partial charge in [0.1, 0.15) is 11.0 Å². The lowest BCUT2D eigenvalue weighted by atomic mass is 10.2. The predicted octanol–water partition coefficient (Wildman–Crippen LogP) is 5.29. The third kappa shape index (κ3) is 4.86. The number of carbonyl (C=O) groups excluding carboxylic acids is 1. The van der Waals surface area contributed by atoms with Crippen molar-refractivity contribution in [1.82, 2.24) is 14.8 Å². The van der Waals surface area contributed by atoms with E-state index in [1.54, 1.807) is 33.1 Å². The van der Waals surface area contributed by atoms with Crippen LogP contribution in [0.1, 0.15) is 13.8 Å². The number of thioether (sulfide) groups is 1. The van der Waals surface area contributed by atoms with Gasteiger partial charge in [0.05, 0.1) is 29.4 Å². The number of hydrogen-bond acceptors (Lipinski definition) is 6. The summed E-state index contributed by atoms with van der Waals surface area (Å²) in [6.45, 7) is 3.86. The van der Waals surface area contributed by atoms with Crippen molar-refractivity contribution in [3.05, 3.63) is 52.5 Å². The first-order valence-corrected chi connectivity index (χ1v) is 10.5. The molecule has 3 aromatic rings. The van der Waals surface area contributed by atoms with Crippen LogP contribution in [0.2, 0.25) is 10.0 Å². The van der Waals surface area contributed by atoms with E-state index in [4.69, 9.17) is 32.7 Å². The second-order valence-corrected chi connectivity index (χ2v) is 8.10. The number of halogens is 2. The highest BCUT2D eigenvalue weighted by atomic mass is 35.5. The van der Waals surface area contributed by atoms with Crippen molar-refractivity contribution in [3.63, 3.8) is 0 Å². The van der Waals surface area contributed by atoms with Crippen LogP contribution in [0.4, 0.5) is 0 Å². The first kappa shape index (κ1) is 21.5. The number of aromatic nitrogens is 3. The zero-order valence-electron chi connectivity index (χ0n) is 16.1. The van der Waals surface area contributed by atoms with Crippen LogP contribution in [0, 0.1) is 0 Å². The summed E-state index contributed by atoms with van der Waals surface area (Å²) >= 11 is 13.6. The van der Waals surface area contributed by atoms with Crippen LogP contribution in [-0.2, 0) is 9.53 Å². The fraction of sp³-hybridized carbons (Fsp3) is 0.250. The number of hydrogen-bond donors (Lipinski definition) is 0. The second-order valence-electron chi connectivity index (χ2n) is 5.98. The summed E-state index contributed by atoms with van der Waals surface area (Å²) in [6, 6.07) is 12.7.